The van der Waals surface area contributed by atoms with Crippen molar-refractivity contribution in [3.63, 3.8) is 0 Å². The van der Waals surface area contributed by atoms with E-state index in [1.54, 1.807) is 0 Å². The van der Waals surface area contributed by atoms with Crippen LogP contribution in [0.3, 0.4) is 0 Å². The highest BCUT2D eigenvalue weighted by molar-refractivity contribution is 5.81. The Morgan fingerprint density at radius 3 is 2.52 bits per heavy atom. The Morgan fingerprint density at radius 2 is 1.74 bits per heavy atom. The average Bonchev–Trinajstić information content (AvgIpc) is 3.08. The first kappa shape index (κ1) is 17.8. The zero-order valence-electron chi connectivity index (χ0n) is 16.0. The van der Waals surface area contributed by atoms with Crippen molar-refractivity contribution < 1.29 is 4.79 Å². The zero-order valence-corrected chi connectivity index (χ0v) is 16.0. The largest absolute Gasteiger partial charge is 0.340 e. The Balaban J connectivity index is 1.59. The van der Waals surface area contributed by atoms with Gasteiger partial charge >= 0.3 is 0 Å². The fraction of sp³-hybridized carbons (Fsp3) is 0.391. The molecule has 140 valence electrons. The summed E-state index contributed by atoms with van der Waals surface area (Å²) in [5, 5.41) is 0. The number of fused-ring (bicyclic) bond motifs is 1. The van der Waals surface area contributed by atoms with Gasteiger partial charge in [0.2, 0.25) is 5.91 Å². The molecule has 1 aliphatic carbocycles. The normalized spacial score (nSPS) is 15.1. The maximum absolute atomic E-state index is 13.0. The van der Waals surface area contributed by atoms with Gasteiger partial charge < -0.3 is 9.47 Å². The molecule has 0 saturated heterocycles. The standard InChI is InChI=1S/C23H27N3O/c1-25(16-18-10-4-2-5-11-18)22(27)17-26-21-15-9-8-14-20(21)24-23(26)19-12-6-3-7-13-19/h2,4-5,8-11,14-15,19H,3,6-7,12-13,16-17H2,1H3. The molecule has 2 aromatic carbocycles. The van der Waals surface area contributed by atoms with Gasteiger partial charge in [-0.1, -0.05) is 61.7 Å². The number of nitrogens with zero attached hydrogens (tertiary/aromatic N) is 3. The molecule has 0 radical (unpaired) electrons. The van der Waals surface area contributed by atoms with Crippen molar-refractivity contribution in [2.45, 2.75) is 51.1 Å². The minimum absolute atomic E-state index is 0.124. The van der Waals surface area contributed by atoms with Crippen molar-refractivity contribution in [3.8, 4) is 0 Å². The van der Waals surface area contributed by atoms with Gasteiger partial charge in [0.05, 0.1) is 11.0 Å². The van der Waals surface area contributed by atoms with Crippen molar-refractivity contribution in [1.82, 2.24) is 14.5 Å². The van der Waals surface area contributed by atoms with Gasteiger partial charge in [0.1, 0.15) is 12.4 Å². The molecule has 3 aromatic rings. The molecule has 0 atom stereocenters. The first-order valence-electron chi connectivity index (χ1n) is 9.95. The summed E-state index contributed by atoms with van der Waals surface area (Å²) in [6.45, 7) is 0.987. The maximum atomic E-state index is 13.0. The lowest BCUT2D eigenvalue weighted by Crippen LogP contribution is -2.30. The summed E-state index contributed by atoms with van der Waals surface area (Å²) in [4.78, 5) is 19.7. The van der Waals surface area contributed by atoms with Crippen LogP contribution < -0.4 is 0 Å². The van der Waals surface area contributed by atoms with Gasteiger partial charge in [-0.3, -0.25) is 4.79 Å². The van der Waals surface area contributed by atoms with Crippen LogP contribution in [0.15, 0.2) is 54.6 Å². The fourth-order valence-electron chi connectivity index (χ4n) is 4.13. The van der Waals surface area contributed by atoms with E-state index in [-0.39, 0.29) is 5.91 Å². The van der Waals surface area contributed by atoms with E-state index in [9.17, 15) is 4.79 Å². The molecule has 0 N–H and O–H groups in total. The molecule has 0 spiro atoms. The van der Waals surface area contributed by atoms with Crippen LogP contribution in [0.2, 0.25) is 0 Å². The Morgan fingerprint density at radius 1 is 1.04 bits per heavy atom. The highest BCUT2D eigenvalue weighted by Crippen LogP contribution is 2.34. The van der Waals surface area contributed by atoms with Crippen LogP contribution in [-0.2, 0) is 17.9 Å². The van der Waals surface area contributed by atoms with Crippen molar-refractivity contribution in [3.05, 3.63) is 66.0 Å². The van der Waals surface area contributed by atoms with E-state index in [1.165, 1.54) is 32.1 Å². The fourth-order valence-corrected chi connectivity index (χ4v) is 4.13. The number of hydrogen-bond donors (Lipinski definition) is 0. The van der Waals surface area contributed by atoms with Crippen LogP contribution in [0, 0.1) is 0 Å². The number of carbonyl (C=O) groups excluding carboxylic acids is 1. The number of benzene rings is 2. The van der Waals surface area contributed by atoms with E-state index in [0.717, 1.165) is 22.4 Å². The number of amides is 1. The van der Waals surface area contributed by atoms with Gasteiger partial charge in [0, 0.05) is 19.5 Å². The summed E-state index contributed by atoms with van der Waals surface area (Å²) in [6.07, 6.45) is 6.19. The number of imidazole rings is 1. The van der Waals surface area contributed by atoms with Crippen LogP contribution in [-0.4, -0.2) is 27.4 Å². The number of rotatable bonds is 5. The molecule has 0 aliphatic heterocycles. The topological polar surface area (TPSA) is 38.1 Å². The monoisotopic (exact) mass is 361 g/mol. The van der Waals surface area contributed by atoms with Crippen molar-refractivity contribution >= 4 is 16.9 Å². The number of carbonyl (C=O) groups is 1. The highest BCUT2D eigenvalue weighted by atomic mass is 16.2. The molecule has 1 aromatic heterocycles. The van der Waals surface area contributed by atoms with Gasteiger partial charge in [-0.2, -0.15) is 0 Å². The van der Waals surface area contributed by atoms with Crippen molar-refractivity contribution in [2.24, 2.45) is 0 Å². The number of para-hydroxylation sites is 2. The predicted molar refractivity (Wildman–Crippen MR) is 108 cm³/mol. The van der Waals surface area contributed by atoms with Crippen LogP contribution >= 0.6 is 0 Å². The third-order valence-corrected chi connectivity index (χ3v) is 5.64. The van der Waals surface area contributed by atoms with Crippen molar-refractivity contribution in [1.29, 1.82) is 0 Å². The van der Waals surface area contributed by atoms with Crippen LogP contribution in [0.5, 0.6) is 0 Å². The van der Waals surface area contributed by atoms with E-state index in [1.807, 2.05) is 42.3 Å². The van der Waals surface area contributed by atoms with Crippen LogP contribution in [0.4, 0.5) is 0 Å². The molecule has 4 heteroatoms. The van der Waals surface area contributed by atoms with Gasteiger partial charge in [-0.05, 0) is 30.5 Å². The molecule has 1 heterocycles. The van der Waals surface area contributed by atoms with E-state index < -0.39 is 0 Å². The summed E-state index contributed by atoms with van der Waals surface area (Å²) in [5.41, 5.74) is 3.22. The second kappa shape index (κ2) is 7.95. The predicted octanol–water partition coefficient (Wildman–Crippen LogP) is 4.74. The number of hydrogen-bond acceptors (Lipinski definition) is 2. The molecule has 1 saturated carbocycles. The lowest BCUT2D eigenvalue weighted by Gasteiger charge is -2.23. The molecule has 1 fully saturated rings. The molecule has 4 nitrogen and oxygen atoms in total. The SMILES string of the molecule is CN(Cc1ccccc1)C(=O)Cn1c(C2CCCCC2)nc2ccccc21. The third-order valence-electron chi connectivity index (χ3n) is 5.64. The first-order chi connectivity index (χ1) is 13.2. The first-order valence-corrected chi connectivity index (χ1v) is 9.95. The number of likely N-dealkylation sites (N-methyl/N-ethyl adjacent to an activating group) is 1. The smallest absolute Gasteiger partial charge is 0.242 e. The van der Waals surface area contributed by atoms with E-state index in [0.29, 0.717) is 19.0 Å². The summed E-state index contributed by atoms with van der Waals surface area (Å²) in [5.74, 6) is 1.69. The summed E-state index contributed by atoms with van der Waals surface area (Å²) in [7, 11) is 1.88. The zero-order chi connectivity index (χ0) is 18.6. The minimum atomic E-state index is 0.124. The van der Waals surface area contributed by atoms with Gasteiger partial charge in [0.25, 0.3) is 0 Å². The van der Waals surface area contributed by atoms with E-state index in [4.69, 9.17) is 4.98 Å². The summed E-state index contributed by atoms with van der Waals surface area (Å²) < 4.78 is 2.16. The molecular weight excluding hydrogens is 334 g/mol. The Labute approximate surface area is 160 Å². The van der Waals surface area contributed by atoms with Crippen LogP contribution in [0.25, 0.3) is 11.0 Å². The van der Waals surface area contributed by atoms with Gasteiger partial charge in [0.15, 0.2) is 0 Å². The molecule has 1 aliphatic rings. The second-order valence-electron chi connectivity index (χ2n) is 7.62. The summed E-state index contributed by atoms with van der Waals surface area (Å²) >= 11 is 0. The highest BCUT2D eigenvalue weighted by Gasteiger charge is 2.24. The Kier molecular flexibility index (Phi) is 5.23. The third kappa shape index (κ3) is 3.90. The molecule has 0 bridgehead atoms. The number of aromatic nitrogens is 2. The summed E-state index contributed by atoms with van der Waals surface area (Å²) in [6, 6.07) is 18.3. The van der Waals surface area contributed by atoms with E-state index in [2.05, 4.69) is 28.8 Å². The molecule has 1 amide bonds. The lowest BCUT2D eigenvalue weighted by molar-refractivity contribution is -0.131. The van der Waals surface area contributed by atoms with Crippen molar-refractivity contribution in [2.75, 3.05) is 7.05 Å². The molecule has 27 heavy (non-hydrogen) atoms. The Bertz CT molecular complexity index is 910. The lowest BCUT2D eigenvalue weighted by atomic mass is 9.88. The average molecular weight is 361 g/mol. The van der Waals surface area contributed by atoms with E-state index >= 15 is 0 Å². The maximum Gasteiger partial charge on any atom is 0.242 e. The molecular formula is C23H27N3O. The van der Waals surface area contributed by atoms with Gasteiger partial charge in [-0.15, -0.1) is 0 Å². The Hall–Kier alpha value is -2.62. The second-order valence-corrected chi connectivity index (χ2v) is 7.62. The molecule has 0 unspecified atom stereocenters. The quantitative estimate of drug-likeness (QED) is 0.658. The minimum Gasteiger partial charge on any atom is -0.340 e. The molecule has 4 rings (SSSR count). The van der Waals surface area contributed by atoms with Crippen LogP contribution in [0.1, 0.15) is 49.4 Å². The van der Waals surface area contributed by atoms with Gasteiger partial charge in [-0.25, -0.2) is 4.98 Å².